The number of nitrogens with one attached hydrogen (secondary N) is 1. The Morgan fingerprint density at radius 3 is 3.00 bits per heavy atom. The monoisotopic (exact) mass is 219 g/mol. The zero-order valence-electron chi connectivity index (χ0n) is 9.44. The van der Waals surface area contributed by atoms with Crippen molar-refractivity contribution in [2.45, 2.75) is 18.9 Å². The van der Waals surface area contributed by atoms with Gasteiger partial charge in [-0.15, -0.1) is 0 Å². The maximum atomic E-state index is 11.9. The summed E-state index contributed by atoms with van der Waals surface area (Å²) in [6.45, 7) is 0.995. The van der Waals surface area contributed by atoms with E-state index in [-0.39, 0.29) is 11.9 Å². The molecule has 4 heteroatoms. The van der Waals surface area contributed by atoms with Crippen molar-refractivity contribution in [3.63, 3.8) is 0 Å². The highest BCUT2D eigenvalue weighted by Gasteiger charge is 2.27. The Hall–Kier alpha value is -1.55. The lowest BCUT2D eigenvalue weighted by Crippen LogP contribution is -2.37. The first kappa shape index (κ1) is 11.0. The first-order chi connectivity index (χ1) is 7.66. The lowest BCUT2D eigenvalue weighted by Gasteiger charge is -2.18. The maximum Gasteiger partial charge on any atom is 0.241 e. The van der Waals surface area contributed by atoms with E-state index in [2.05, 4.69) is 10.2 Å². The Balaban J connectivity index is 2.02. The molecule has 0 spiro atoms. The minimum absolute atomic E-state index is 0.00132. The zero-order valence-corrected chi connectivity index (χ0v) is 9.44. The van der Waals surface area contributed by atoms with E-state index < -0.39 is 0 Å². The molecular weight excluding hydrogens is 202 g/mol. The molecule has 16 heavy (non-hydrogen) atoms. The molecule has 0 unspecified atom stereocenters. The highest BCUT2D eigenvalue weighted by atomic mass is 16.2. The Morgan fingerprint density at radius 1 is 1.56 bits per heavy atom. The van der Waals surface area contributed by atoms with Crippen LogP contribution in [0.15, 0.2) is 24.3 Å². The van der Waals surface area contributed by atoms with Crippen molar-refractivity contribution >= 4 is 17.3 Å². The Labute approximate surface area is 95.4 Å². The Kier molecular flexibility index (Phi) is 3.10. The first-order valence-corrected chi connectivity index (χ1v) is 5.53. The fourth-order valence-corrected chi connectivity index (χ4v) is 2.08. The van der Waals surface area contributed by atoms with Gasteiger partial charge < -0.3 is 11.1 Å². The summed E-state index contributed by atoms with van der Waals surface area (Å²) in [7, 11) is 1.98. The van der Waals surface area contributed by atoms with Gasteiger partial charge in [-0.1, -0.05) is 6.07 Å². The predicted octanol–water partition coefficient (Wildman–Crippen LogP) is 1.30. The molecule has 0 saturated carbocycles. The third-order valence-corrected chi connectivity index (χ3v) is 2.98. The van der Waals surface area contributed by atoms with Gasteiger partial charge in [0.15, 0.2) is 0 Å². The number of rotatable bonds is 2. The van der Waals surface area contributed by atoms with Crippen LogP contribution in [0.1, 0.15) is 12.8 Å². The van der Waals surface area contributed by atoms with Gasteiger partial charge in [0, 0.05) is 11.4 Å². The van der Waals surface area contributed by atoms with Gasteiger partial charge >= 0.3 is 0 Å². The maximum absolute atomic E-state index is 11.9. The molecule has 0 aliphatic carbocycles. The SMILES string of the molecule is CN1CCC[C@H]1C(=O)Nc1cccc(N)c1. The third kappa shape index (κ3) is 2.33. The molecule has 2 rings (SSSR count). The highest BCUT2D eigenvalue weighted by molar-refractivity contribution is 5.95. The number of hydrogen-bond acceptors (Lipinski definition) is 3. The van der Waals surface area contributed by atoms with E-state index in [1.54, 1.807) is 12.1 Å². The topological polar surface area (TPSA) is 58.4 Å². The number of nitrogens with zero attached hydrogens (tertiary/aromatic N) is 1. The van der Waals surface area contributed by atoms with Crippen LogP contribution >= 0.6 is 0 Å². The van der Waals surface area contributed by atoms with Crippen molar-refractivity contribution in [1.29, 1.82) is 0 Å². The standard InChI is InChI=1S/C12H17N3O/c1-15-7-3-6-11(15)12(16)14-10-5-2-4-9(13)8-10/h2,4-5,8,11H,3,6-7,13H2,1H3,(H,14,16)/t11-/m0/s1. The van der Waals surface area contributed by atoms with Crippen molar-refractivity contribution in [2.24, 2.45) is 0 Å². The molecule has 1 aliphatic heterocycles. The number of anilines is 2. The molecule has 1 aromatic carbocycles. The quantitative estimate of drug-likeness (QED) is 0.737. The van der Waals surface area contributed by atoms with Crippen LogP contribution in [0.3, 0.4) is 0 Å². The van der Waals surface area contributed by atoms with Gasteiger partial charge in [0.25, 0.3) is 0 Å². The van der Waals surface area contributed by atoms with Crippen molar-refractivity contribution in [1.82, 2.24) is 4.90 Å². The molecule has 1 aliphatic rings. The van der Waals surface area contributed by atoms with E-state index in [0.717, 1.165) is 25.1 Å². The van der Waals surface area contributed by atoms with Crippen LogP contribution in [0.25, 0.3) is 0 Å². The van der Waals surface area contributed by atoms with E-state index in [0.29, 0.717) is 5.69 Å². The summed E-state index contributed by atoms with van der Waals surface area (Å²) in [6, 6.07) is 7.26. The molecule has 1 saturated heterocycles. The van der Waals surface area contributed by atoms with Crippen LogP contribution in [0.4, 0.5) is 11.4 Å². The number of nitrogen functional groups attached to an aromatic ring is 1. The Morgan fingerprint density at radius 2 is 2.38 bits per heavy atom. The lowest BCUT2D eigenvalue weighted by molar-refractivity contribution is -0.119. The van der Waals surface area contributed by atoms with Crippen molar-refractivity contribution in [3.8, 4) is 0 Å². The summed E-state index contributed by atoms with van der Waals surface area (Å²) in [5.41, 5.74) is 7.09. The van der Waals surface area contributed by atoms with E-state index in [1.165, 1.54) is 0 Å². The highest BCUT2D eigenvalue weighted by Crippen LogP contribution is 2.18. The van der Waals surface area contributed by atoms with E-state index in [9.17, 15) is 4.79 Å². The molecule has 3 N–H and O–H groups in total. The second-order valence-corrected chi connectivity index (χ2v) is 4.25. The second-order valence-electron chi connectivity index (χ2n) is 4.25. The molecule has 0 bridgehead atoms. The third-order valence-electron chi connectivity index (χ3n) is 2.98. The molecular formula is C12H17N3O. The molecule has 1 amide bonds. The first-order valence-electron chi connectivity index (χ1n) is 5.53. The minimum Gasteiger partial charge on any atom is -0.399 e. The number of likely N-dealkylation sites (N-methyl/N-ethyl adjacent to an activating group) is 1. The number of benzene rings is 1. The average molecular weight is 219 g/mol. The minimum atomic E-state index is 0.00132. The summed E-state index contributed by atoms with van der Waals surface area (Å²) in [6.07, 6.45) is 2.02. The van der Waals surface area contributed by atoms with Gasteiger partial charge in [-0.05, 0) is 44.6 Å². The molecule has 1 atom stereocenters. The van der Waals surface area contributed by atoms with Crippen LogP contribution in [-0.4, -0.2) is 30.4 Å². The van der Waals surface area contributed by atoms with E-state index in [1.807, 2.05) is 19.2 Å². The predicted molar refractivity (Wildman–Crippen MR) is 65.1 cm³/mol. The molecule has 1 fully saturated rings. The number of hydrogen-bond donors (Lipinski definition) is 2. The van der Waals surface area contributed by atoms with Crippen LogP contribution in [0, 0.1) is 0 Å². The van der Waals surface area contributed by atoms with Gasteiger partial charge in [0.05, 0.1) is 6.04 Å². The van der Waals surface area contributed by atoms with Crippen LogP contribution in [0.2, 0.25) is 0 Å². The van der Waals surface area contributed by atoms with Crippen LogP contribution < -0.4 is 11.1 Å². The number of likely N-dealkylation sites (tertiary alicyclic amines) is 1. The zero-order chi connectivity index (χ0) is 11.5. The van der Waals surface area contributed by atoms with Gasteiger partial charge in [-0.2, -0.15) is 0 Å². The van der Waals surface area contributed by atoms with Crippen molar-refractivity contribution < 1.29 is 4.79 Å². The lowest BCUT2D eigenvalue weighted by atomic mass is 10.2. The van der Waals surface area contributed by atoms with Gasteiger partial charge in [0.1, 0.15) is 0 Å². The summed E-state index contributed by atoms with van der Waals surface area (Å²) in [5, 5.41) is 2.89. The van der Waals surface area contributed by atoms with E-state index >= 15 is 0 Å². The molecule has 0 radical (unpaired) electrons. The summed E-state index contributed by atoms with van der Waals surface area (Å²) in [5.74, 6) is 0.0607. The van der Waals surface area contributed by atoms with Crippen LogP contribution in [-0.2, 0) is 4.79 Å². The van der Waals surface area contributed by atoms with Crippen molar-refractivity contribution in [3.05, 3.63) is 24.3 Å². The van der Waals surface area contributed by atoms with Crippen LogP contribution in [0.5, 0.6) is 0 Å². The fourth-order valence-electron chi connectivity index (χ4n) is 2.08. The fraction of sp³-hybridized carbons (Fsp3) is 0.417. The smallest absolute Gasteiger partial charge is 0.241 e. The summed E-state index contributed by atoms with van der Waals surface area (Å²) in [4.78, 5) is 14.0. The van der Waals surface area contributed by atoms with Gasteiger partial charge in [0.2, 0.25) is 5.91 Å². The molecule has 86 valence electrons. The normalized spacial score (nSPS) is 20.9. The van der Waals surface area contributed by atoms with Gasteiger partial charge in [-0.3, -0.25) is 9.69 Å². The summed E-state index contributed by atoms with van der Waals surface area (Å²) < 4.78 is 0. The Bertz CT molecular complexity index is 392. The van der Waals surface area contributed by atoms with Gasteiger partial charge in [-0.25, -0.2) is 0 Å². The molecule has 1 heterocycles. The van der Waals surface area contributed by atoms with Crippen molar-refractivity contribution in [2.75, 3.05) is 24.6 Å². The van der Waals surface area contributed by atoms with E-state index in [4.69, 9.17) is 5.73 Å². The second kappa shape index (κ2) is 4.53. The number of amides is 1. The number of carbonyl (C=O) groups is 1. The largest absolute Gasteiger partial charge is 0.399 e. The molecule has 4 nitrogen and oxygen atoms in total. The summed E-state index contributed by atoms with van der Waals surface area (Å²) >= 11 is 0. The number of carbonyl (C=O) groups excluding carboxylic acids is 1. The number of nitrogens with two attached hydrogens (primary N) is 1. The molecule has 1 aromatic rings. The molecule has 0 aromatic heterocycles. The average Bonchev–Trinajstić information content (AvgIpc) is 2.64.